The molecule has 4 N–H and O–H groups in total. The molecule has 6 heteroatoms. The first-order valence-corrected chi connectivity index (χ1v) is 5.57. The van der Waals surface area contributed by atoms with Crippen LogP contribution in [-0.4, -0.2) is 11.5 Å². The van der Waals surface area contributed by atoms with Crippen molar-refractivity contribution in [3.63, 3.8) is 0 Å². The van der Waals surface area contributed by atoms with Crippen LogP contribution in [0.2, 0.25) is 5.02 Å². The summed E-state index contributed by atoms with van der Waals surface area (Å²) in [5.41, 5.74) is 3.29. The lowest BCUT2D eigenvalue weighted by atomic mass is 10.4. The van der Waals surface area contributed by atoms with Gasteiger partial charge in [0.15, 0.2) is 0 Å². The third kappa shape index (κ3) is 5.03. The molecular formula is C9H13ClN4S. The van der Waals surface area contributed by atoms with E-state index < -0.39 is 0 Å². The summed E-state index contributed by atoms with van der Waals surface area (Å²) in [6, 6.07) is 3.66. The highest BCUT2D eigenvalue weighted by molar-refractivity contribution is 7.97. The number of rotatable bonds is 6. The van der Waals surface area contributed by atoms with E-state index in [4.69, 9.17) is 17.4 Å². The molecule has 0 saturated heterocycles. The Morgan fingerprint density at radius 2 is 2.40 bits per heavy atom. The van der Waals surface area contributed by atoms with Gasteiger partial charge in [-0.1, -0.05) is 18.2 Å². The third-order valence-electron chi connectivity index (χ3n) is 1.61. The van der Waals surface area contributed by atoms with Crippen LogP contribution in [0.1, 0.15) is 6.42 Å². The van der Waals surface area contributed by atoms with Gasteiger partial charge in [-0.05, 0) is 24.1 Å². The Balaban J connectivity index is 2.20. The van der Waals surface area contributed by atoms with E-state index in [-0.39, 0.29) is 0 Å². The molecule has 0 spiro atoms. The Kier molecular flexibility index (Phi) is 5.49. The molecule has 15 heavy (non-hydrogen) atoms. The Bertz CT molecular complexity index is 314. The van der Waals surface area contributed by atoms with E-state index >= 15 is 0 Å². The molecule has 0 unspecified atom stereocenters. The molecule has 4 nitrogen and oxygen atoms in total. The summed E-state index contributed by atoms with van der Waals surface area (Å²) >= 11 is 7.16. The predicted molar refractivity (Wildman–Crippen MR) is 64.2 cm³/mol. The van der Waals surface area contributed by atoms with Crippen LogP contribution in [0.5, 0.6) is 0 Å². The highest BCUT2D eigenvalue weighted by Gasteiger charge is 1.96. The lowest BCUT2D eigenvalue weighted by molar-refractivity contribution is 0.779. The van der Waals surface area contributed by atoms with Crippen molar-refractivity contribution in [2.24, 2.45) is 5.84 Å². The van der Waals surface area contributed by atoms with Gasteiger partial charge in [-0.2, -0.15) is 0 Å². The Morgan fingerprint density at radius 1 is 1.60 bits per heavy atom. The lowest BCUT2D eigenvalue weighted by Crippen LogP contribution is -2.22. The molecule has 0 aliphatic carbocycles. The molecule has 0 fully saturated rings. The third-order valence-corrected chi connectivity index (χ3v) is 2.63. The van der Waals surface area contributed by atoms with Crippen LogP contribution in [0.15, 0.2) is 35.6 Å². The van der Waals surface area contributed by atoms with Gasteiger partial charge in [0, 0.05) is 24.9 Å². The van der Waals surface area contributed by atoms with Crippen molar-refractivity contribution in [3.8, 4) is 0 Å². The summed E-state index contributed by atoms with van der Waals surface area (Å²) < 4.78 is 3.14. The summed E-state index contributed by atoms with van der Waals surface area (Å²) in [6.45, 7) is 4.49. The van der Waals surface area contributed by atoms with Crippen molar-refractivity contribution < 1.29 is 0 Å². The van der Waals surface area contributed by atoms with Crippen molar-refractivity contribution in [3.05, 3.63) is 35.6 Å². The summed E-state index contributed by atoms with van der Waals surface area (Å²) in [6.07, 6.45) is 2.39. The van der Waals surface area contributed by atoms with Gasteiger partial charge in [0.1, 0.15) is 5.03 Å². The maximum Gasteiger partial charge on any atom is 0.111 e. The second-order valence-electron chi connectivity index (χ2n) is 2.81. The maximum absolute atomic E-state index is 5.71. The number of hydrogen-bond donors (Lipinski definition) is 3. The zero-order valence-electron chi connectivity index (χ0n) is 8.16. The molecule has 1 aromatic heterocycles. The standard InChI is InChI=1S/C9H13ClN4S/c1-7(14-11)4-5-13-15-9-3-2-8(10)6-12-9/h2-3,6,13-14H,1,4-5,11H2. The molecule has 0 radical (unpaired) electrons. The molecule has 0 aliphatic rings. The largest absolute Gasteiger partial charge is 0.329 e. The van der Waals surface area contributed by atoms with Crippen molar-refractivity contribution in [1.29, 1.82) is 0 Å². The van der Waals surface area contributed by atoms with Crippen LogP contribution in [0.4, 0.5) is 0 Å². The van der Waals surface area contributed by atoms with Gasteiger partial charge in [-0.3, -0.25) is 10.6 Å². The Labute approximate surface area is 98.4 Å². The minimum absolute atomic E-state index is 0.639. The number of hydrogen-bond acceptors (Lipinski definition) is 5. The summed E-state index contributed by atoms with van der Waals surface area (Å²) in [4.78, 5) is 4.12. The molecule has 1 rings (SSSR count). The minimum Gasteiger partial charge on any atom is -0.329 e. The number of pyridine rings is 1. The molecule has 1 aromatic rings. The molecule has 0 aliphatic heterocycles. The van der Waals surface area contributed by atoms with Gasteiger partial charge in [0.2, 0.25) is 0 Å². The van der Waals surface area contributed by atoms with Crippen LogP contribution in [0, 0.1) is 0 Å². The van der Waals surface area contributed by atoms with Crippen LogP contribution in [0.25, 0.3) is 0 Å². The molecule has 82 valence electrons. The first kappa shape index (κ1) is 12.3. The topological polar surface area (TPSA) is 63.0 Å². The van der Waals surface area contributed by atoms with Crippen molar-refractivity contribution in [2.75, 3.05) is 6.54 Å². The average molecular weight is 245 g/mol. The number of nitrogens with two attached hydrogens (primary N) is 1. The van der Waals surface area contributed by atoms with Crippen molar-refractivity contribution in [1.82, 2.24) is 15.1 Å². The van der Waals surface area contributed by atoms with Gasteiger partial charge < -0.3 is 5.43 Å². The molecule has 0 bridgehead atoms. The van der Waals surface area contributed by atoms with E-state index in [0.29, 0.717) is 5.02 Å². The average Bonchev–Trinajstić information content (AvgIpc) is 2.26. The van der Waals surface area contributed by atoms with E-state index in [0.717, 1.165) is 23.7 Å². The molecule has 1 heterocycles. The monoisotopic (exact) mass is 244 g/mol. The predicted octanol–water partition coefficient (Wildman–Crippen LogP) is 1.70. The zero-order chi connectivity index (χ0) is 11.1. The molecule has 0 atom stereocenters. The van der Waals surface area contributed by atoms with Gasteiger partial charge in [0.25, 0.3) is 0 Å². The number of aromatic nitrogens is 1. The van der Waals surface area contributed by atoms with Gasteiger partial charge in [0.05, 0.1) is 5.02 Å². The van der Waals surface area contributed by atoms with Crippen LogP contribution in [0.3, 0.4) is 0 Å². The van der Waals surface area contributed by atoms with Crippen molar-refractivity contribution in [2.45, 2.75) is 11.4 Å². The van der Waals surface area contributed by atoms with Crippen LogP contribution >= 0.6 is 23.5 Å². The molecule has 0 saturated carbocycles. The fourth-order valence-corrected chi connectivity index (χ4v) is 1.53. The zero-order valence-corrected chi connectivity index (χ0v) is 9.74. The van der Waals surface area contributed by atoms with Gasteiger partial charge in [-0.15, -0.1) is 0 Å². The minimum atomic E-state index is 0.639. The first-order chi connectivity index (χ1) is 7.22. The second kappa shape index (κ2) is 6.68. The van der Waals surface area contributed by atoms with E-state index in [1.807, 2.05) is 6.07 Å². The quantitative estimate of drug-likeness (QED) is 0.308. The van der Waals surface area contributed by atoms with Crippen LogP contribution < -0.4 is 16.0 Å². The maximum atomic E-state index is 5.71. The fourth-order valence-electron chi connectivity index (χ4n) is 0.822. The van der Waals surface area contributed by atoms with Gasteiger partial charge >= 0.3 is 0 Å². The normalized spacial score (nSPS) is 10.0. The van der Waals surface area contributed by atoms with E-state index in [1.54, 1.807) is 12.3 Å². The van der Waals surface area contributed by atoms with Gasteiger partial charge in [-0.25, -0.2) is 4.98 Å². The first-order valence-electron chi connectivity index (χ1n) is 4.38. The number of nitrogens with zero attached hydrogens (tertiary/aromatic N) is 1. The van der Waals surface area contributed by atoms with E-state index in [9.17, 15) is 0 Å². The summed E-state index contributed by atoms with van der Waals surface area (Å²) in [5.74, 6) is 5.17. The summed E-state index contributed by atoms with van der Waals surface area (Å²) in [5, 5.41) is 1.52. The highest BCUT2D eigenvalue weighted by Crippen LogP contribution is 2.14. The number of hydrazine groups is 1. The van der Waals surface area contributed by atoms with Crippen LogP contribution in [-0.2, 0) is 0 Å². The SMILES string of the molecule is C=C(CCNSc1ccc(Cl)cn1)NN. The highest BCUT2D eigenvalue weighted by atomic mass is 35.5. The van der Waals surface area contributed by atoms with Crippen molar-refractivity contribution >= 4 is 23.5 Å². The summed E-state index contributed by atoms with van der Waals surface area (Å²) in [7, 11) is 0. The Hall–Kier alpha value is -0.750. The Morgan fingerprint density at radius 3 is 3.00 bits per heavy atom. The van der Waals surface area contributed by atoms with E-state index in [1.165, 1.54) is 11.9 Å². The number of halogens is 1. The fraction of sp³-hybridized carbons (Fsp3) is 0.222. The lowest BCUT2D eigenvalue weighted by Gasteiger charge is -2.05. The molecule has 0 aromatic carbocycles. The molecular weight excluding hydrogens is 232 g/mol. The van der Waals surface area contributed by atoms with E-state index in [2.05, 4.69) is 21.7 Å². The second-order valence-corrected chi connectivity index (χ2v) is 4.16. The molecule has 0 amide bonds. The number of nitrogens with one attached hydrogen (secondary N) is 2. The smallest absolute Gasteiger partial charge is 0.111 e.